The van der Waals surface area contributed by atoms with Gasteiger partial charge in [0, 0.05) is 17.2 Å². The van der Waals surface area contributed by atoms with Crippen LogP contribution < -0.4 is 4.74 Å². The molecule has 0 aromatic heterocycles. The van der Waals surface area contributed by atoms with E-state index in [-0.39, 0.29) is 0 Å². The summed E-state index contributed by atoms with van der Waals surface area (Å²) < 4.78 is 110. The molecule has 1 aliphatic carbocycles. The largest absolute Gasteiger partial charge is 0.457 e. The maximum Gasteiger partial charge on any atom is 0.416 e. The average molecular weight is 384 g/mol. The molecule has 0 bridgehead atoms. The molecule has 0 fully saturated rings. The molecule has 1 N–H and O–H groups in total. The third kappa shape index (κ3) is 2.87. The standard InChI is InChI=1S/C16H8F8O2/c17-7-3-6(14(18)19)4-8(5-7)26-10-2-1-9(16(22,23)24)11-12(10)15(20,21)13(11)25/h1-5,13-14,25H. The maximum absolute atomic E-state index is 13.9. The highest BCUT2D eigenvalue weighted by atomic mass is 19.4. The van der Waals surface area contributed by atoms with Crippen molar-refractivity contribution < 1.29 is 45.0 Å². The minimum absolute atomic E-state index is 0.417. The van der Waals surface area contributed by atoms with Crippen LogP contribution in [0.2, 0.25) is 0 Å². The molecule has 140 valence electrons. The molecule has 2 nitrogen and oxygen atoms in total. The second-order valence-corrected chi connectivity index (χ2v) is 5.55. The van der Waals surface area contributed by atoms with Crippen LogP contribution in [-0.4, -0.2) is 5.11 Å². The number of fused-ring (bicyclic) bond motifs is 1. The summed E-state index contributed by atoms with van der Waals surface area (Å²) in [6.07, 6.45) is -10.8. The second-order valence-electron chi connectivity index (χ2n) is 5.55. The molecule has 0 amide bonds. The summed E-state index contributed by atoms with van der Waals surface area (Å²) in [5.74, 6) is -6.57. The molecule has 1 unspecified atom stereocenters. The van der Waals surface area contributed by atoms with Gasteiger partial charge in [0.25, 0.3) is 6.43 Å². The fourth-order valence-corrected chi connectivity index (χ4v) is 2.70. The van der Waals surface area contributed by atoms with Crippen molar-refractivity contribution in [3.63, 3.8) is 0 Å². The van der Waals surface area contributed by atoms with E-state index in [1.807, 2.05) is 0 Å². The number of halogens is 8. The van der Waals surface area contributed by atoms with Gasteiger partial charge in [-0.1, -0.05) is 0 Å². The Bertz CT molecular complexity index is 860. The van der Waals surface area contributed by atoms with Crippen LogP contribution in [-0.2, 0) is 12.1 Å². The maximum atomic E-state index is 13.9. The molecule has 1 atom stereocenters. The van der Waals surface area contributed by atoms with Crippen molar-refractivity contribution in [2.24, 2.45) is 0 Å². The summed E-state index contributed by atoms with van der Waals surface area (Å²) >= 11 is 0. The van der Waals surface area contributed by atoms with Crippen molar-refractivity contribution in [1.29, 1.82) is 0 Å². The number of hydrogen-bond acceptors (Lipinski definition) is 2. The summed E-state index contributed by atoms with van der Waals surface area (Å²) in [7, 11) is 0. The van der Waals surface area contributed by atoms with E-state index in [4.69, 9.17) is 4.74 Å². The summed E-state index contributed by atoms with van der Waals surface area (Å²) in [6.45, 7) is 0. The first kappa shape index (κ1) is 18.4. The Hall–Kier alpha value is -2.36. The first-order chi connectivity index (χ1) is 11.9. The Morgan fingerprint density at radius 2 is 1.73 bits per heavy atom. The summed E-state index contributed by atoms with van der Waals surface area (Å²) in [6, 6.07) is 2.77. The second kappa shape index (κ2) is 5.83. The molecule has 10 heteroatoms. The zero-order valence-electron chi connectivity index (χ0n) is 12.4. The van der Waals surface area contributed by atoms with E-state index in [0.717, 1.165) is 0 Å². The summed E-state index contributed by atoms with van der Waals surface area (Å²) in [4.78, 5) is 0. The molecule has 0 aliphatic heterocycles. The Morgan fingerprint density at radius 1 is 1.08 bits per heavy atom. The van der Waals surface area contributed by atoms with Gasteiger partial charge in [-0.2, -0.15) is 22.0 Å². The summed E-state index contributed by atoms with van der Waals surface area (Å²) in [5.41, 5.74) is -4.54. The lowest BCUT2D eigenvalue weighted by Crippen LogP contribution is -2.38. The fourth-order valence-electron chi connectivity index (χ4n) is 2.70. The molecule has 0 saturated carbocycles. The van der Waals surface area contributed by atoms with E-state index < -0.39 is 64.2 Å². The van der Waals surface area contributed by atoms with Gasteiger partial charge in [0.15, 0.2) is 0 Å². The van der Waals surface area contributed by atoms with Crippen molar-refractivity contribution >= 4 is 0 Å². The fraction of sp³-hybridized carbons (Fsp3) is 0.250. The molecule has 0 heterocycles. The lowest BCUT2D eigenvalue weighted by atomic mass is 9.77. The zero-order chi connectivity index (χ0) is 19.4. The Kier molecular flexibility index (Phi) is 4.13. The number of rotatable bonds is 3. The number of benzene rings is 2. The van der Waals surface area contributed by atoms with Crippen molar-refractivity contribution in [3.8, 4) is 11.5 Å². The zero-order valence-corrected chi connectivity index (χ0v) is 12.4. The highest BCUT2D eigenvalue weighted by molar-refractivity contribution is 5.58. The van der Waals surface area contributed by atoms with Gasteiger partial charge in [0.05, 0.1) is 11.1 Å². The van der Waals surface area contributed by atoms with Crippen LogP contribution in [0.3, 0.4) is 0 Å². The van der Waals surface area contributed by atoms with Crippen LogP contribution in [0.25, 0.3) is 0 Å². The van der Waals surface area contributed by atoms with E-state index in [0.29, 0.717) is 30.3 Å². The van der Waals surface area contributed by atoms with Crippen molar-refractivity contribution in [2.75, 3.05) is 0 Å². The van der Waals surface area contributed by atoms with Gasteiger partial charge in [0.2, 0.25) is 0 Å². The number of aliphatic hydroxyl groups is 1. The molecule has 2 aromatic rings. The number of ether oxygens (including phenoxy) is 1. The lowest BCUT2D eigenvalue weighted by molar-refractivity contribution is -0.165. The molecule has 0 radical (unpaired) electrons. The quantitative estimate of drug-likeness (QED) is 0.687. The smallest absolute Gasteiger partial charge is 0.416 e. The minimum atomic E-state index is -5.00. The molecule has 3 rings (SSSR count). The highest BCUT2D eigenvalue weighted by Crippen LogP contribution is 2.59. The van der Waals surface area contributed by atoms with Gasteiger partial charge < -0.3 is 9.84 Å². The molecule has 2 aromatic carbocycles. The lowest BCUT2D eigenvalue weighted by Gasteiger charge is -2.38. The van der Waals surface area contributed by atoms with Crippen LogP contribution in [0.5, 0.6) is 11.5 Å². The predicted octanol–water partition coefficient (Wildman–Crippen LogP) is 5.71. The average Bonchev–Trinajstić information content (AvgIpc) is 2.52. The molecule has 0 spiro atoms. The normalized spacial score (nSPS) is 18.5. The third-order valence-electron chi connectivity index (χ3n) is 3.84. The van der Waals surface area contributed by atoms with Crippen molar-refractivity contribution in [3.05, 3.63) is 58.4 Å². The van der Waals surface area contributed by atoms with E-state index in [1.165, 1.54) is 0 Å². The monoisotopic (exact) mass is 384 g/mol. The Morgan fingerprint density at radius 3 is 2.31 bits per heavy atom. The van der Waals surface area contributed by atoms with Crippen molar-refractivity contribution in [2.45, 2.75) is 24.6 Å². The van der Waals surface area contributed by atoms with E-state index in [2.05, 4.69) is 0 Å². The SMILES string of the molecule is OC1c2c(C(F)(F)F)ccc(Oc3cc(F)cc(C(F)F)c3)c2C1(F)F. The van der Waals surface area contributed by atoms with Gasteiger partial charge in [-0.25, -0.2) is 13.2 Å². The first-order valence-electron chi connectivity index (χ1n) is 7.00. The Balaban J connectivity index is 2.09. The van der Waals surface area contributed by atoms with Gasteiger partial charge in [-0.05, 0) is 24.3 Å². The van der Waals surface area contributed by atoms with Crippen LogP contribution in [0.4, 0.5) is 35.1 Å². The van der Waals surface area contributed by atoms with Crippen LogP contribution in [0.1, 0.15) is 34.8 Å². The van der Waals surface area contributed by atoms with E-state index >= 15 is 0 Å². The number of aliphatic hydroxyl groups excluding tert-OH is 1. The van der Waals surface area contributed by atoms with Crippen LogP contribution >= 0.6 is 0 Å². The molecule has 0 saturated heterocycles. The van der Waals surface area contributed by atoms with Crippen molar-refractivity contribution in [1.82, 2.24) is 0 Å². The minimum Gasteiger partial charge on any atom is -0.457 e. The van der Waals surface area contributed by atoms with Gasteiger partial charge in [0.1, 0.15) is 23.4 Å². The highest BCUT2D eigenvalue weighted by Gasteiger charge is 2.59. The third-order valence-corrected chi connectivity index (χ3v) is 3.84. The topological polar surface area (TPSA) is 29.5 Å². The van der Waals surface area contributed by atoms with Gasteiger partial charge in [-0.15, -0.1) is 0 Å². The predicted molar refractivity (Wildman–Crippen MR) is 71.7 cm³/mol. The van der Waals surface area contributed by atoms with E-state index in [1.54, 1.807) is 0 Å². The van der Waals surface area contributed by atoms with Crippen LogP contribution in [0.15, 0.2) is 30.3 Å². The number of hydrogen-bond donors (Lipinski definition) is 1. The molecular weight excluding hydrogens is 376 g/mol. The summed E-state index contributed by atoms with van der Waals surface area (Å²) in [5, 5.41) is 9.36. The first-order valence-corrected chi connectivity index (χ1v) is 7.00. The van der Waals surface area contributed by atoms with Gasteiger partial charge >= 0.3 is 12.1 Å². The molecule has 1 aliphatic rings. The molecular formula is C16H8F8O2. The Labute approximate surface area is 140 Å². The van der Waals surface area contributed by atoms with Crippen LogP contribution in [0, 0.1) is 5.82 Å². The molecule has 26 heavy (non-hydrogen) atoms. The van der Waals surface area contributed by atoms with E-state index in [9.17, 15) is 40.2 Å². The number of alkyl halides is 7. The van der Waals surface area contributed by atoms with Gasteiger partial charge in [-0.3, -0.25) is 0 Å².